The number of nitrogens with zero attached hydrogens (tertiary/aromatic N) is 1. The molecule has 4 nitrogen and oxygen atoms in total. The third kappa shape index (κ3) is 4.03. The zero-order valence-electron chi connectivity index (χ0n) is 10.7. The van der Waals surface area contributed by atoms with Gasteiger partial charge in [0.25, 0.3) is 0 Å². The molecule has 0 heterocycles. The van der Waals surface area contributed by atoms with Crippen molar-refractivity contribution in [1.82, 2.24) is 0 Å². The minimum absolute atomic E-state index is 0.0431. The largest absolute Gasteiger partial charge is 0.487 e. The number of nitrogens with two attached hydrogens (primary N) is 1. The van der Waals surface area contributed by atoms with Gasteiger partial charge in [0.1, 0.15) is 12.4 Å². The van der Waals surface area contributed by atoms with E-state index in [-0.39, 0.29) is 12.4 Å². The van der Waals surface area contributed by atoms with Crippen molar-refractivity contribution in [2.24, 2.45) is 10.9 Å². The Morgan fingerprint density at radius 1 is 1.24 bits per heavy atom. The van der Waals surface area contributed by atoms with Gasteiger partial charge in [0.2, 0.25) is 0 Å². The third-order valence-corrected chi connectivity index (χ3v) is 4.19. The number of amidine groups is 1. The Balaban J connectivity index is 2.15. The van der Waals surface area contributed by atoms with Crippen molar-refractivity contribution in [3.8, 4) is 5.75 Å². The minimum Gasteiger partial charge on any atom is -0.487 e. The topological polar surface area (TPSA) is 67.8 Å². The lowest BCUT2D eigenvalue weighted by Crippen LogP contribution is -2.13. The van der Waals surface area contributed by atoms with Crippen molar-refractivity contribution >= 4 is 45.0 Å². The summed E-state index contributed by atoms with van der Waals surface area (Å²) in [6.07, 6.45) is 0. The highest BCUT2D eigenvalue weighted by Crippen LogP contribution is 2.34. The maximum Gasteiger partial charge on any atom is 0.170 e. The number of rotatable bonds is 4. The van der Waals surface area contributed by atoms with Crippen LogP contribution in [0.1, 0.15) is 11.1 Å². The first-order valence-corrected chi connectivity index (χ1v) is 7.40. The van der Waals surface area contributed by atoms with Crippen LogP contribution in [0.15, 0.2) is 46.0 Å². The van der Waals surface area contributed by atoms with E-state index < -0.39 is 0 Å². The molecule has 2 aromatic carbocycles. The summed E-state index contributed by atoms with van der Waals surface area (Å²) in [5.41, 5.74) is 7.01. The first kappa shape index (κ1) is 15.9. The van der Waals surface area contributed by atoms with Crippen molar-refractivity contribution < 1.29 is 9.94 Å². The van der Waals surface area contributed by atoms with E-state index in [0.29, 0.717) is 25.8 Å². The average Bonchev–Trinajstić information content (AvgIpc) is 2.49. The van der Waals surface area contributed by atoms with E-state index in [0.717, 1.165) is 5.56 Å². The van der Waals surface area contributed by atoms with Gasteiger partial charge >= 0.3 is 0 Å². The van der Waals surface area contributed by atoms with E-state index in [2.05, 4.69) is 21.1 Å². The molecule has 2 aromatic rings. The highest BCUT2D eigenvalue weighted by atomic mass is 79.9. The molecule has 0 amide bonds. The van der Waals surface area contributed by atoms with Crippen LogP contribution in [0.2, 0.25) is 10.0 Å². The number of hydrogen-bond donors (Lipinski definition) is 2. The van der Waals surface area contributed by atoms with Gasteiger partial charge in [-0.05, 0) is 33.6 Å². The fourth-order valence-corrected chi connectivity index (χ4v) is 2.50. The second kappa shape index (κ2) is 7.02. The summed E-state index contributed by atoms with van der Waals surface area (Å²) in [6.45, 7) is 0.282. The highest BCUT2D eigenvalue weighted by molar-refractivity contribution is 9.10. The number of halogens is 3. The van der Waals surface area contributed by atoms with Gasteiger partial charge in [-0.2, -0.15) is 0 Å². The Labute approximate surface area is 140 Å². The normalized spacial score (nSPS) is 11.5. The lowest BCUT2D eigenvalue weighted by atomic mass is 10.1. The summed E-state index contributed by atoms with van der Waals surface area (Å²) in [4.78, 5) is 0. The van der Waals surface area contributed by atoms with Crippen LogP contribution >= 0.6 is 39.1 Å². The Hall–Kier alpha value is -1.43. The van der Waals surface area contributed by atoms with E-state index in [9.17, 15) is 0 Å². The molecule has 2 rings (SSSR count). The molecular weight excluding hydrogens is 379 g/mol. The van der Waals surface area contributed by atoms with E-state index in [4.69, 9.17) is 38.9 Å². The molecule has 0 aliphatic heterocycles. The quantitative estimate of drug-likeness (QED) is 0.267. The summed E-state index contributed by atoms with van der Waals surface area (Å²) in [5, 5.41) is 12.6. The predicted octanol–water partition coefficient (Wildman–Crippen LogP) is 4.43. The van der Waals surface area contributed by atoms with Gasteiger partial charge in [-0.25, -0.2) is 0 Å². The lowest BCUT2D eigenvalue weighted by Gasteiger charge is -2.10. The second-order valence-corrected chi connectivity index (χ2v) is 5.84. The zero-order chi connectivity index (χ0) is 15.4. The Bertz CT molecular complexity index is 693. The molecule has 0 saturated heterocycles. The molecule has 0 aliphatic carbocycles. The van der Waals surface area contributed by atoms with Gasteiger partial charge in [-0.1, -0.05) is 46.6 Å². The molecular formula is C14H11BrCl2N2O2. The molecule has 0 atom stereocenters. The second-order valence-electron chi connectivity index (χ2n) is 4.17. The van der Waals surface area contributed by atoms with Crippen LogP contribution in [0, 0.1) is 0 Å². The molecule has 0 radical (unpaired) electrons. The van der Waals surface area contributed by atoms with Crippen LogP contribution in [0.3, 0.4) is 0 Å². The molecule has 0 fully saturated rings. The summed E-state index contributed by atoms with van der Waals surface area (Å²) < 4.78 is 6.35. The Kier molecular flexibility index (Phi) is 5.33. The van der Waals surface area contributed by atoms with Crippen LogP contribution in [0.25, 0.3) is 0 Å². The van der Waals surface area contributed by atoms with Gasteiger partial charge in [-0.3, -0.25) is 0 Å². The maximum atomic E-state index is 8.68. The van der Waals surface area contributed by atoms with Crippen molar-refractivity contribution in [3.05, 3.63) is 62.0 Å². The lowest BCUT2D eigenvalue weighted by molar-refractivity contribution is 0.306. The van der Waals surface area contributed by atoms with Crippen LogP contribution in [-0.4, -0.2) is 11.0 Å². The number of benzene rings is 2. The van der Waals surface area contributed by atoms with Gasteiger partial charge < -0.3 is 15.7 Å². The fraction of sp³-hybridized carbons (Fsp3) is 0.0714. The summed E-state index contributed by atoms with van der Waals surface area (Å²) in [7, 11) is 0. The standard InChI is InChI=1S/C14H11BrCl2N2O2/c15-10-5-12(17)13(6-11(10)16)21-7-8-2-1-3-9(4-8)14(18)19-20/h1-6,20H,7H2,(H2,18,19). The Morgan fingerprint density at radius 3 is 2.71 bits per heavy atom. The minimum atomic E-state index is 0.0431. The van der Waals surface area contributed by atoms with E-state index in [1.807, 2.05) is 6.07 Å². The van der Waals surface area contributed by atoms with Crippen LogP contribution in [0.4, 0.5) is 0 Å². The smallest absolute Gasteiger partial charge is 0.170 e. The SMILES string of the molecule is N/C(=N/O)c1cccc(COc2cc(Cl)c(Br)cc2Cl)c1. The average molecular weight is 390 g/mol. The molecule has 0 aromatic heterocycles. The number of hydrogen-bond acceptors (Lipinski definition) is 3. The summed E-state index contributed by atoms with van der Waals surface area (Å²) in [5.74, 6) is 0.528. The maximum absolute atomic E-state index is 8.68. The van der Waals surface area contributed by atoms with Gasteiger partial charge in [-0.15, -0.1) is 0 Å². The van der Waals surface area contributed by atoms with Gasteiger partial charge in [0.15, 0.2) is 5.84 Å². The molecule has 110 valence electrons. The van der Waals surface area contributed by atoms with Crippen molar-refractivity contribution in [3.63, 3.8) is 0 Å². The molecule has 0 unspecified atom stereocenters. The molecule has 0 aliphatic rings. The summed E-state index contributed by atoms with van der Waals surface area (Å²) in [6, 6.07) is 10.5. The Morgan fingerprint density at radius 2 is 2.00 bits per heavy atom. The van der Waals surface area contributed by atoms with Crippen molar-refractivity contribution in [1.29, 1.82) is 0 Å². The molecule has 7 heteroatoms. The van der Waals surface area contributed by atoms with Crippen LogP contribution in [0.5, 0.6) is 5.75 Å². The van der Waals surface area contributed by atoms with Gasteiger partial charge in [0, 0.05) is 16.1 Å². The molecule has 0 spiro atoms. The first-order valence-electron chi connectivity index (χ1n) is 5.85. The van der Waals surface area contributed by atoms with E-state index in [1.165, 1.54) is 0 Å². The van der Waals surface area contributed by atoms with Crippen LogP contribution in [-0.2, 0) is 6.61 Å². The van der Waals surface area contributed by atoms with Crippen molar-refractivity contribution in [2.75, 3.05) is 0 Å². The molecule has 3 N–H and O–H groups in total. The van der Waals surface area contributed by atoms with E-state index in [1.54, 1.807) is 30.3 Å². The molecule has 0 bridgehead atoms. The number of ether oxygens (including phenoxy) is 1. The molecule has 21 heavy (non-hydrogen) atoms. The van der Waals surface area contributed by atoms with Crippen LogP contribution < -0.4 is 10.5 Å². The zero-order valence-corrected chi connectivity index (χ0v) is 13.8. The fourth-order valence-electron chi connectivity index (χ4n) is 1.65. The molecule has 0 saturated carbocycles. The van der Waals surface area contributed by atoms with E-state index >= 15 is 0 Å². The first-order chi connectivity index (χ1) is 10.0. The third-order valence-electron chi connectivity index (χ3n) is 2.70. The summed E-state index contributed by atoms with van der Waals surface area (Å²) >= 11 is 15.4. The number of oxime groups is 1. The highest BCUT2D eigenvalue weighted by Gasteiger charge is 2.08. The predicted molar refractivity (Wildman–Crippen MR) is 87.4 cm³/mol. The monoisotopic (exact) mass is 388 g/mol. The van der Waals surface area contributed by atoms with Gasteiger partial charge in [0.05, 0.1) is 10.0 Å². The van der Waals surface area contributed by atoms with Crippen molar-refractivity contribution in [2.45, 2.75) is 6.61 Å².